The molecule has 0 aromatic heterocycles. The molecule has 2 aromatic carbocycles. The number of aryl methyl sites for hydroxylation is 1. The number of nitrogens with one attached hydrogen (secondary N) is 1. The summed E-state index contributed by atoms with van der Waals surface area (Å²) in [5, 5.41) is 19.0. The minimum absolute atomic E-state index is 0.354. The average Bonchev–Trinajstić information content (AvgIpc) is 2.65. The second-order valence-electron chi connectivity index (χ2n) is 5.34. The number of ether oxygens (including phenoxy) is 1. The van der Waals surface area contributed by atoms with Gasteiger partial charge in [-0.1, -0.05) is 30.3 Å². The van der Waals surface area contributed by atoms with E-state index in [-0.39, 0.29) is 12.5 Å². The van der Waals surface area contributed by atoms with Crippen LogP contribution in [0.25, 0.3) is 6.08 Å². The Morgan fingerprint density at radius 2 is 1.78 bits per heavy atom. The van der Waals surface area contributed by atoms with Gasteiger partial charge >= 0.3 is 11.9 Å². The lowest BCUT2D eigenvalue weighted by molar-refractivity contribution is -0.136. The maximum absolute atomic E-state index is 11.4. The van der Waals surface area contributed by atoms with Crippen LogP contribution in [0, 0.1) is 6.92 Å². The Morgan fingerprint density at radius 3 is 2.37 bits per heavy atom. The quantitative estimate of drug-likeness (QED) is 0.673. The summed E-state index contributed by atoms with van der Waals surface area (Å²) in [5.41, 5.74) is 2.14. The molecule has 0 saturated heterocycles. The average molecular weight is 371 g/mol. The molecule has 142 valence electrons. The van der Waals surface area contributed by atoms with Crippen LogP contribution in [0.5, 0.6) is 5.75 Å². The lowest BCUT2D eigenvalue weighted by Gasteiger charge is -2.04. The van der Waals surface area contributed by atoms with Gasteiger partial charge in [-0.05, 0) is 42.3 Å². The highest BCUT2D eigenvalue weighted by Crippen LogP contribution is 2.13. The van der Waals surface area contributed by atoms with Gasteiger partial charge in [0.2, 0.25) is 0 Å². The first-order valence-electron chi connectivity index (χ1n) is 7.94. The number of hydrogen-bond acceptors (Lipinski definition) is 4. The largest absolute Gasteiger partial charge is 0.497 e. The van der Waals surface area contributed by atoms with Crippen LogP contribution in [-0.4, -0.2) is 41.7 Å². The number of benzene rings is 2. The molecule has 3 N–H and O–H groups in total. The first-order valence-corrected chi connectivity index (χ1v) is 7.94. The highest BCUT2D eigenvalue weighted by Gasteiger charge is 2.08. The third-order valence-corrected chi connectivity index (χ3v) is 3.30. The maximum Gasteiger partial charge on any atom is 0.328 e. The third kappa shape index (κ3) is 8.35. The number of carboxylic acid groups (broad SMARTS) is 2. The monoisotopic (exact) mass is 371 g/mol. The number of carbonyl (C=O) groups is 3. The SMILES string of the molecule is COc1cccc(C=CC(=O)O)c1.Cc1ccccc1C(=O)NCC(=O)O. The molecule has 0 aliphatic rings. The predicted molar refractivity (Wildman–Crippen MR) is 101 cm³/mol. The van der Waals surface area contributed by atoms with Gasteiger partial charge in [0.05, 0.1) is 7.11 Å². The van der Waals surface area contributed by atoms with Gasteiger partial charge in [-0.25, -0.2) is 4.79 Å². The second kappa shape index (κ2) is 11.1. The molecule has 2 rings (SSSR count). The highest BCUT2D eigenvalue weighted by molar-refractivity contribution is 5.97. The molecule has 7 heteroatoms. The van der Waals surface area contributed by atoms with Gasteiger partial charge in [-0.15, -0.1) is 0 Å². The predicted octanol–water partition coefficient (Wildman–Crippen LogP) is 2.60. The van der Waals surface area contributed by atoms with Gasteiger partial charge < -0.3 is 20.3 Å². The van der Waals surface area contributed by atoms with Crippen molar-refractivity contribution in [3.05, 3.63) is 71.3 Å². The Kier molecular flexibility index (Phi) is 8.80. The minimum atomic E-state index is -1.05. The smallest absolute Gasteiger partial charge is 0.328 e. The lowest BCUT2D eigenvalue weighted by Crippen LogP contribution is -2.29. The molecule has 0 fully saturated rings. The number of hydrogen-bond donors (Lipinski definition) is 3. The van der Waals surface area contributed by atoms with Crippen LogP contribution in [0.15, 0.2) is 54.6 Å². The summed E-state index contributed by atoms with van der Waals surface area (Å²) >= 11 is 0. The zero-order valence-corrected chi connectivity index (χ0v) is 15.0. The summed E-state index contributed by atoms with van der Waals surface area (Å²) in [6, 6.07) is 14.2. The Bertz CT molecular complexity index is 829. The zero-order chi connectivity index (χ0) is 20.2. The van der Waals surface area contributed by atoms with Crippen LogP contribution in [0.2, 0.25) is 0 Å². The molecule has 0 aliphatic heterocycles. The molecule has 0 radical (unpaired) electrons. The fraction of sp³-hybridized carbons (Fsp3) is 0.150. The number of methoxy groups -OCH3 is 1. The molecule has 27 heavy (non-hydrogen) atoms. The van der Waals surface area contributed by atoms with E-state index in [2.05, 4.69) is 5.32 Å². The molecule has 0 saturated carbocycles. The molecule has 2 aromatic rings. The van der Waals surface area contributed by atoms with E-state index in [1.807, 2.05) is 12.1 Å². The van der Waals surface area contributed by atoms with Crippen LogP contribution >= 0.6 is 0 Å². The van der Waals surface area contributed by atoms with Crippen molar-refractivity contribution in [2.45, 2.75) is 6.92 Å². The number of carbonyl (C=O) groups excluding carboxylic acids is 1. The topological polar surface area (TPSA) is 113 Å². The van der Waals surface area contributed by atoms with E-state index < -0.39 is 11.9 Å². The van der Waals surface area contributed by atoms with Crippen LogP contribution < -0.4 is 10.1 Å². The first-order chi connectivity index (χ1) is 12.8. The van der Waals surface area contributed by atoms with E-state index in [4.69, 9.17) is 14.9 Å². The van der Waals surface area contributed by atoms with Gasteiger partial charge in [-0.2, -0.15) is 0 Å². The van der Waals surface area contributed by atoms with Crippen molar-refractivity contribution in [1.82, 2.24) is 5.32 Å². The molecular weight excluding hydrogens is 350 g/mol. The van der Waals surface area contributed by atoms with E-state index in [1.54, 1.807) is 50.4 Å². The highest BCUT2D eigenvalue weighted by atomic mass is 16.5. The summed E-state index contributed by atoms with van der Waals surface area (Å²) in [4.78, 5) is 31.8. The van der Waals surface area contributed by atoms with E-state index in [1.165, 1.54) is 6.08 Å². The molecule has 0 bridgehead atoms. The minimum Gasteiger partial charge on any atom is -0.497 e. The molecular formula is C20H21NO6. The van der Waals surface area contributed by atoms with Gasteiger partial charge in [0.1, 0.15) is 12.3 Å². The number of rotatable bonds is 6. The normalized spacial score (nSPS) is 9.85. The molecule has 0 unspecified atom stereocenters. The molecule has 0 spiro atoms. The first kappa shape index (κ1) is 21.4. The van der Waals surface area contributed by atoms with Crippen molar-refractivity contribution in [3.8, 4) is 5.75 Å². The standard InChI is InChI=1S/C10H11NO3.C10H10O3/c1-7-4-2-3-5-8(7)10(14)11-6-9(12)13;1-13-9-4-2-3-8(7-9)5-6-10(11)12/h2-5H,6H2,1H3,(H,11,14)(H,12,13);2-7H,1H3,(H,11,12). The van der Waals surface area contributed by atoms with Crippen molar-refractivity contribution in [2.75, 3.05) is 13.7 Å². The van der Waals surface area contributed by atoms with Crippen molar-refractivity contribution in [2.24, 2.45) is 0 Å². The summed E-state index contributed by atoms with van der Waals surface area (Å²) in [5.74, 6) is -1.65. The fourth-order valence-electron chi connectivity index (χ4n) is 1.99. The van der Waals surface area contributed by atoms with Crippen LogP contribution in [0.1, 0.15) is 21.5 Å². The maximum atomic E-state index is 11.4. The Hall–Kier alpha value is -3.61. The van der Waals surface area contributed by atoms with Gasteiger partial charge in [0, 0.05) is 11.6 Å². The Morgan fingerprint density at radius 1 is 1.07 bits per heavy atom. The van der Waals surface area contributed by atoms with E-state index in [0.29, 0.717) is 11.3 Å². The van der Waals surface area contributed by atoms with Crippen LogP contribution in [0.3, 0.4) is 0 Å². The summed E-state index contributed by atoms with van der Waals surface area (Å²) in [6.07, 6.45) is 2.61. The number of amides is 1. The molecule has 0 heterocycles. The van der Waals surface area contributed by atoms with Gasteiger partial charge in [-0.3, -0.25) is 9.59 Å². The molecule has 7 nitrogen and oxygen atoms in total. The summed E-state index contributed by atoms with van der Waals surface area (Å²) in [7, 11) is 1.57. The molecule has 1 amide bonds. The zero-order valence-electron chi connectivity index (χ0n) is 15.0. The summed E-state index contributed by atoms with van der Waals surface area (Å²) < 4.78 is 4.98. The van der Waals surface area contributed by atoms with Crippen molar-refractivity contribution in [1.29, 1.82) is 0 Å². The van der Waals surface area contributed by atoms with Crippen LogP contribution in [0.4, 0.5) is 0 Å². The van der Waals surface area contributed by atoms with Crippen molar-refractivity contribution >= 4 is 23.9 Å². The fourth-order valence-corrected chi connectivity index (χ4v) is 1.99. The van der Waals surface area contributed by atoms with E-state index in [9.17, 15) is 14.4 Å². The van der Waals surface area contributed by atoms with Crippen molar-refractivity contribution in [3.63, 3.8) is 0 Å². The van der Waals surface area contributed by atoms with E-state index >= 15 is 0 Å². The van der Waals surface area contributed by atoms with E-state index in [0.717, 1.165) is 17.2 Å². The van der Waals surface area contributed by atoms with Gasteiger partial charge in [0.15, 0.2) is 0 Å². The second-order valence-corrected chi connectivity index (χ2v) is 5.34. The number of aliphatic carboxylic acids is 2. The van der Waals surface area contributed by atoms with Crippen LogP contribution in [-0.2, 0) is 9.59 Å². The van der Waals surface area contributed by atoms with Gasteiger partial charge in [0.25, 0.3) is 5.91 Å². The summed E-state index contributed by atoms with van der Waals surface area (Å²) in [6.45, 7) is 1.45. The Labute approximate surface area is 156 Å². The Balaban J connectivity index is 0.000000271. The lowest BCUT2D eigenvalue weighted by atomic mass is 10.1. The molecule has 0 atom stereocenters. The third-order valence-electron chi connectivity index (χ3n) is 3.30. The molecule has 0 aliphatic carbocycles. The van der Waals surface area contributed by atoms with Crippen molar-refractivity contribution < 1.29 is 29.3 Å². The number of carboxylic acids is 2.